The van der Waals surface area contributed by atoms with Crippen molar-refractivity contribution in [2.24, 2.45) is 0 Å². The summed E-state index contributed by atoms with van der Waals surface area (Å²) in [5, 5.41) is 20.3. The number of thioether (sulfide) groups is 1. The van der Waals surface area contributed by atoms with E-state index in [2.05, 4.69) is 0 Å². The van der Waals surface area contributed by atoms with E-state index in [0.29, 0.717) is 17.2 Å². The Morgan fingerprint density at radius 2 is 2.26 bits per heavy atom. The van der Waals surface area contributed by atoms with E-state index in [1.807, 2.05) is 6.92 Å². The van der Waals surface area contributed by atoms with Crippen LogP contribution in [0.4, 0.5) is 0 Å². The second-order valence-electron chi connectivity index (χ2n) is 4.02. The molecule has 0 amide bonds. The second kappa shape index (κ2) is 8.55. The maximum Gasteiger partial charge on any atom is 0.345 e. The first-order chi connectivity index (χ1) is 9.02. The SMILES string of the molecule is COCC(C)OCC(O)CSc1csc(C(=O)O)c1. The zero-order chi connectivity index (χ0) is 14.3. The Bertz CT molecular complexity index is 393. The lowest BCUT2D eigenvalue weighted by Crippen LogP contribution is -2.24. The summed E-state index contributed by atoms with van der Waals surface area (Å²) in [6, 6.07) is 1.61. The molecule has 0 aliphatic carbocycles. The van der Waals surface area contributed by atoms with Crippen LogP contribution in [0.5, 0.6) is 0 Å². The van der Waals surface area contributed by atoms with Gasteiger partial charge in [-0.1, -0.05) is 0 Å². The van der Waals surface area contributed by atoms with Gasteiger partial charge in [-0.15, -0.1) is 23.1 Å². The van der Waals surface area contributed by atoms with E-state index < -0.39 is 12.1 Å². The van der Waals surface area contributed by atoms with Crippen molar-refractivity contribution in [3.8, 4) is 0 Å². The van der Waals surface area contributed by atoms with E-state index in [-0.39, 0.29) is 12.7 Å². The molecule has 19 heavy (non-hydrogen) atoms. The van der Waals surface area contributed by atoms with Gasteiger partial charge in [0.2, 0.25) is 0 Å². The summed E-state index contributed by atoms with van der Waals surface area (Å²) in [5.41, 5.74) is 0. The number of carboxylic acid groups (broad SMARTS) is 1. The van der Waals surface area contributed by atoms with Gasteiger partial charge in [-0.2, -0.15) is 0 Å². The van der Waals surface area contributed by atoms with Crippen molar-refractivity contribution in [3.63, 3.8) is 0 Å². The molecule has 0 saturated heterocycles. The molecule has 0 aromatic carbocycles. The van der Waals surface area contributed by atoms with E-state index in [0.717, 1.165) is 4.90 Å². The molecule has 5 nitrogen and oxygen atoms in total. The molecule has 1 rings (SSSR count). The van der Waals surface area contributed by atoms with Crippen molar-refractivity contribution >= 4 is 29.1 Å². The predicted octanol–water partition coefficient (Wildman–Crippen LogP) is 1.95. The zero-order valence-electron chi connectivity index (χ0n) is 10.9. The van der Waals surface area contributed by atoms with Crippen molar-refractivity contribution in [2.45, 2.75) is 24.0 Å². The van der Waals surface area contributed by atoms with Gasteiger partial charge in [0.05, 0.1) is 25.4 Å². The zero-order valence-corrected chi connectivity index (χ0v) is 12.5. The van der Waals surface area contributed by atoms with Crippen molar-refractivity contribution in [1.82, 2.24) is 0 Å². The van der Waals surface area contributed by atoms with Crippen LogP contribution in [0.15, 0.2) is 16.3 Å². The number of aliphatic hydroxyl groups excluding tert-OH is 1. The lowest BCUT2D eigenvalue weighted by atomic mass is 10.4. The molecule has 1 aromatic rings. The van der Waals surface area contributed by atoms with Crippen LogP contribution in [0, 0.1) is 0 Å². The molecule has 2 N–H and O–H groups in total. The first-order valence-electron chi connectivity index (χ1n) is 5.76. The topological polar surface area (TPSA) is 76.0 Å². The molecule has 108 valence electrons. The minimum Gasteiger partial charge on any atom is -0.477 e. The molecule has 0 bridgehead atoms. The maximum atomic E-state index is 10.7. The monoisotopic (exact) mass is 306 g/mol. The molecule has 2 atom stereocenters. The third kappa shape index (κ3) is 6.40. The Labute approximate surface area is 120 Å². The number of thiophene rings is 1. The summed E-state index contributed by atoms with van der Waals surface area (Å²) < 4.78 is 10.3. The summed E-state index contributed by atoms with van der Waals surface area (Å²) in [6.45, 7) is 2.61. The maximum absolute atomic E-state index is 10.7. The summed E-state index contributed by atoms with van der Waals surface area (Å²) in [7, 11) is 1.60. The summed E-state index contributed by atoms with van der Waals surface area (Å²) >= 11 is 2.60. The van der Waals surface area contributed by atoms with Crippen LogP contribution >= 0.6 is 23.1 Å². The number of carboxylic acids is 1. The molecule has 0 spiro atoms. The van der Waals surface area contributed by atoms with Crippen molar-refractivity contribution in [2.75, 3.05) is 26.1 Å². The Kier molecular flexibility index (Phi) is 7.40. The van der Waals surface area contributed by atoms with E-state index in [1.165, 1.54) is 23.1 Å². The Morgan fingerprint density at radius 1 is 1.53 bits per heavy atom. The van der Waals surface area contributed by atoms with Gasteiger partial charge >= 0.3 is 5.97 Å². The molecule has 0 radical (unpaired) electrons. The van der Waals surface area contributed by atoms with Crippen molar-refractivity contribution in [1.29, 1.82) is 0 Å². The first-order valence-corrected chi connectivity index (χ1v) is 7.62. The summed E-state index contributed by atoms with van der Waals surface area (Å²) in [6.07, 6.45) is -0.637. The van der Waals surface area contributed by atoms with Gasteiger partial charge in [-0.25, -0.2) is 4.79 Å². The average molecular weight is 306 g/mol. The van der Waals surface area contributed by atoms with E-state index in [4.69, 9.17) is 14.6 Å². The van der Waals surface area contributed by atoms with E-state index in [1.54, 1.807) is 18.6 Å². The third-order valence-electron chi connectivity index (χ3n) is 2.20. The number of hydrogen-bond donors (Lipinski definition) is 2. The van der Waals surface area contributed by atoms with Crippen LogP contribution in [-0.4, -0.2) is 54.5 Å². The fraction of sp³-hybridized carbons (Fsp3) is 0.583. The molecule has 1 aromatic heterocycles. The van der Waals surface area contributed by atoms with Gasteiger partial charge in [0, 0.05) is 23.1 Å². The van der Waals surface area contributed by atoms with Crippen LogP contribution in [0.2, 0.25) is 0 Å². The smallest absolute Gasteiger partial charge is 0.345 e. The van der Waals surface area contributed by atoms with Crippen LogP contribution in [0.1, 0.15) is 16.6 Å². The van der Waals surface area contributed by atoms with Gasteiger partial charge in [0.15, 0.2) is 0 Å². The summed E-state index contributed by atoms with van der Waals surface area (Å²) in [5.74, 6) is -0.454. The largest absolute Gasteiger partial charge is 0.477 e. The number of hydrogen-bond acceptors (Lipinski definition) is 6. The van der Waals surface area contributed by atoms with Crippen LogP contribution in [0.3, 0.4) is 0 Å². The quantitative estimate of drug-likeness (QED) is 0.679. The molecule has 0 aliphatic rings. The predicted molar refractivity (Wildman–Crippen MR) is 75.3 cm³/mol. The number of aliphatic hydroxyl groups is 1. The highest BCUT2D eigenvalue weighted by Crippen LogP contribution is 2.25. The number of aromatic carboxylic acids is 1. The van der Waals surface area contributed by atoms with Gasteiger partial charge in [0.1, 0.15) is 4.88 Å². The molecule has 1 heterocycles. The number of ether oxygens (including phenoxy) is 2. The van der Waals surface area contributed by atoms with Gasteiger partial charge < -0.3 is 19.7 Å². The highest BCUT2D eigenvalue weighted by atomic mass is 32.2. The van der Waals surface area contributed by atoms with Crippen LogP contribution in [-0.2, 0) is 9.47 Å². The fourth-order valence-corrected chi connectivity index (χ4v) is 3.09. The third-order valence-corrected chi connectivity index (χ3v) is 4.39. The minimum atomic E-state index is -0.922. The molecular formula is C12H18O5S2. The highest BCUT2D eigenvalue weighted by molar-refractivity contribution is 7.99. The van der Waals surface area contributed by atoms with E-state index >= 15 is 0 Å². The minimum absolute atomic E-state index is 0.0515. The molecule has 7 heteroatoms. The van der Waals surface area contributed by atoms with Gasteiger partial charge in [0.25, 0.3) is 0 Å². The van der Waals surface area contributed by atoms with Crippen LogP contribution in [0.25, 0.3) is 0 Å². The van der Waals surface area contributed by atoms with Crippen molar-refractivity contribution in [3.05, 3.63) is 16.3 Å². The standard InChI is InChI=1S/C12H18O5S2/c1-8(4-16-2)17-5-9(13)6-18-10-3-11(12(14)15)19-7-10/h3,7-9,13H,4-6H2,1-2H3,(H,14,15). The average Bonchev–Trinajstić information content (AvgIpc) is 2.83. The second-order valence-corrected chi connectivity index (χ2v) is 6.02. The molecular weight excluding hydrogens is 288 g/mol. The molecule has 0 saturated carbocycles. The molecule has 2 unspecified atom stereocenters. The number of carbonyl (C=O) groups is 1. The van der Waals surface area contributed by atoms with Gasteiger partial charge in [-0.3, -0.25) is 0 Å². The Morgan fingerprint density at radius 3 is 2.84 bits per heavy atom. The first kappa shape index (κ1) is 16.5. The normalized spacial score (nSPS) is 14.3. The molecule has 0 aliphatic heterocycles. The number of methoxy groups -OCH3 is 1. The van der Waals surface area contributed by atoms with Crippen molar-refractivity contribution < 1.29 is 24.5 Å². The van der Waals surface area contributed by atoms with Gasteiger partial charge in [-0.05, 0) is 13.0 Å². The lowest BCUT2D eigenvalue weighted by Gasteiger charge is -2.15. The Balaban J connectivity index is 2.25. The Hall–Kier alpha value is -0.600. The number of rotatable bonds is 9. The summed E-state index contributed by atoms with van der Waals surface area (Å²) in [4.78, 5) is 11.9. The van der Waals surface area contributed by atoms with Crippen LogP contribution < -0.4 is 0 Å². The highest BCUT2D eigenvalue weighted by Gasteiger charge is 2.11. The fourth-order valence-electron chi connectivity index (χ4n) is 1.31. The molecule has 0 fully saturated rings. The lowest BCUT2D eigenvalue weighted by molar-refractivity contribution is -0.0257. The van der Waals surface area contributed by atoms with E-state index in [9.17, 15) is 9.90 Å².